The lowest BCUT2D eigenvalue weighted by molar-refractivity contribution is -0.307. The van der Waals surface area contributed by atoms with Gasteiger partial charge in [-0.2, -0.15) is 9.78 Å². The molecule has 0 aromatic carbocycles. The first-order chi connectivity index (χ1) is 16.4. The molecule has 9 nitrogen and oxygen atoms in total. The minimum atomic E-state index is -4.90. The molecule has 188 valence electrons. The molecule has 1 saturated carbocycles. The van der Waals surface area contributed by atoms with Gasteiger partial charge in [0.05, 0.1) is 17.7 Å². The predicted octanol–water partition coefficient (Wildman–Crippen LogP) is 4.09. The van der Waals surface area contributed by atoms with E-state index in [2.05, 4.69) is 25.1 Å². The second-order valence-electron chi connectivity index (χ2n) is 8.66. The van der Waals surface area contributed by atoms with Crippen molar-refractivity contribution in [3.63, 3.8) is 0 Å². The molecule has 14 heteroatoms. The molecule has 0 aliphatic heterocycles. The maximum absolute atomic E-state index is 13.1. The van der Waals surface area contributed by atoms with Crippen LogP contribution in [0.1, 0.15) is 54.6 Å². The van der Waals surface area contributed by atoms with Crippen LogP contribution in [0.2, 0.25) is 0 Å². The van der Waals surface area contributed by atoms with Crippen LogP contribution in [0.15, 0.2) is 35.5 Å². The standard InChI is InChI=1S/C21H22ClF3N6O3S/c1-11(29-18(33)20(2)7-12(22)6-14(8-20)34-21(23,24)25)16-27-10-28-31(16)19-26-9-15(35-19)17(32)30(3)13-4-5-13/h6-7,9-11,13H,4-5,8H2,1-3H3,(H,29,33)/t11-,20?/m0/s1. The molecule has 0 bridgehead atoms. The summed E-state index contributed by atoms with van der Waals surface area (Å²) < 4.78 is 43.5. The Hall–Kier alpha value is -2.93. The average Bonchev–Trinajstić information content (AvgIpc) is 3.27. The zero-order chi connectivity index (χ0) is 25.5. The molecule has 35 heavy (non-hydrogen) atoms. The molecular formula is C21H22ClF3N6O3S. The normalized spacial score (nSPS) is 21.1. The van der Waals surface area contributed by atoms with Gasteiger partial charge in [0.15, 0.2) is 5.82 Å². The molecule has 2 aromatic heterocycles. The fraction of sp³-hybridized carbons (Fsp3) is 0.476. The highest BCUT2D eigenvalue weighted by atomic mass is 35.5. The second kappa shape index (κ2) is 9.26. The number of hydrogen-bond acceptors (Lipinski definition) is 7. The highest BCUT2D eigenvalue weighted by Gasteiger charge is 2.40. The number of nitrogens with one attached hydrogen (secondary N) is 1. The smallest absolute Gasteiger partial charge is 0.410 e. The summed E-state index contributed by atoms with van der Waals surface area (Å²) >= 11 is 7.12. The number of carbonyl (C=O) groups is 2. The third-order valence-electron chi connectivity index (χ3n) is 5.67. The Kier molecular flexibility index (Phi) is 6.66. The van der Waals surface area contributed by atoms with Crippen LogP contribution in [-0.2, 0) is 9.53 Å². The van der Waals surface area contributed by atoms with Crippen molar-refractivity contribution in [3.8, 4) is 5.13 Å². The highest BCUT2D eigenvalue weighted by molar-refractivity contribution is 7.16. The predicted molar refractivity (Wildman–Crippen MR) is 121 cm³/mol. The Balaban J connectivity index is 1.48. The Morgan fingerprint density at radius 3 is 2.74 bits per heavy atom. The number of halogens is 4. The summed E-state index contributed by atoms with van der Waals surface area (Å²) in [6.45, 7) is 3.11. The lowest BCUT2D eigenvalue weighted by Crippen LogP contribution is -2.41. The number of amides is 2. The van der Waals surface area contributed by atoms with Crippen molar-refractivity contribution >= 4 is 34.8 Å². The zero-order valence-electron chi connectivity index (χ0n) is 19.0. The van der Waals surface area contributed by atoms with E-state index < -0.39 is 29.5 Å². The summed E-state index contributed by atoms with van der Waals surface area (Å²) in [5.74, 6) is -0.832. The first kappa shape index (κ1) is 25.2. The second-order valence-corrected chi connectivity index (χ2v) is 10.1. The van der Waals surface area contributed by atoms with E-state index in [0.717, 1.165) is 30.3 Å². The number of thiazole rings is 1. The summed E-state index contributed by atoms with van der Waals surface area (Å²) in [6, 6.07) is -0.435. The van der Waals surface area contributed by atoms with Crippen molar-refractivity contribution in [1.29, 1.82) is 0 Å². The van der Waals surface area contributed by atoms with E-state index in [-0.39, 0.29) is 23.4 Å². The van der Waals surface area contributed by atoms with Gasteiger partial charge in [-0.1, -0.05) is 29.0 Å². The van der Waals surface area contributed by atoms with Crippen LogP contribution < -0.4 is 5.32 Å². The molecule has 0 saturated heterocycles. The molecule has 1 unspecified atom stereocenters. The first-order valence-electron chi connectivity index (χ1n) is 10.7. The fourth-order valence-corrected chi connectivity index (χ4v) is 4.93. The Labute approximate surface area is 207 Å². The minimum absolute atomic E-state index is 0.0416. The van der Waals surface area contributed by atoms with Crippen molar-refractivity contribution in [3.05, 3.63) is 46.2 Å². The molecule has 4 rings (SSSR count). The van der Waals surface area contributed by atoms with Gasteiger partial charge in [0.1, 0.15) is 17.0 Å². The van der Waals surface area contributed by atoms with Crippen LogP contribution in [0.25, 0.3) is 5.13 Å². The van der Waals surface area contributed by atoms with Gasteiger partial charge in [-0.05, 0) is 32.8 Å². The van der Waals surface area contributed by atoms with E-state index in [1.807, 2.05) is 0 Å². The monoisotopic (exact) mass is 530 g/mol. The number of rotatable bonds is 7. The molecule has 0 radical (unpaired) electrons. The highest BCUT2D eigenvalue weighted by Crippen LogP contribution is 2.39. The first-order valence-corrected chi connectivity index (χ1v) is 11.8. The van der Waals surface area contributed by atoms with Crippen LogP contribution >= 0.6 is 22.9 Å². The lowest BCUT2D eigenvalue weighted by Gasteiger charge is -2.30. The van der Waals surface area contributed by atoms with Crippen molar-refractivity contribution in [1.82, 2.24) is 30.0 Å². The molecule has 0 spiro atoms. The maximum atomic E-state index is 13.1. The number of carbonyl (C=O) groups excluding carboxylic acids is 2. The lowest BCUT2D eigenvalue weighted by atomic mass is 9.81. The van der Waals surface area contributed by atoms with Gasteiger partial charge in [-0.3, -0.25) is 9.59 Å². The SMILES string of the molecule is C[C@H](NC(=O)C1(C)C=C(Cl)C=C(OC(F)(F)F)C1)c1ncnn1-c1ncc(C(=O)N(C)C2CC2)s1. The van der Waals surface area contributed by atoms with Gasteiger partial charge in [0.25, 0.3) is 5.91 Å². The van der Waals surface area contributed by atoms with Crippen LogP contribution in [0.5, 0.6) is 0 Å². The number of ether oxygens (including phenoxy) is 1. The van der Waals surface area contributed by atoms with Crippen LogP contribution in [0.4, 0.5) is 13.2 Å². The number of allylic oxidation sites excluding steroid dienone is 3. The van der Waals surface area contributed by atoms with E-state index >= 15 is 0 Å². The van der Waals surface area contributed by atoms with E-state index in [0.29, 0.717) is 15.8 Å². The molecule has 2 aliphatic rings. The molecule has 2 heterocycles. The molecule has 2 aliphatic carbocycles. The van der Waals surface area contributed by atoms with Crippen molar-refractivity contribution in [2.45, 2.75) is 51.6 Å². The van der Waals surface area contributed by atoms with Crippen molar-refractivity contribution in [2.24, 2.45) is 5.41 Å². The van der Waals surface area contributed by atoms with Crippen LogP contribution in [0.3, 0.4) is 0 Å². The van der Waals surface area contributed by atoms with E-state index in [9.17, 15) is 22.8 Å². The van der Waals surface area contributed by atoms with Crippen LogP contribution in [0, 0.1) is 5.41 Å². The van der Waals surface area contributed by atoms with Gasteiger partial charge < -0.3 is 15.0 Å². The fourth-order valence-electron chi connectivity index (χ4n) is 3.71. The third kappa shape index (κ3) is 5.67. The van der Waals surface area contributed by atoms with Gasteiger partial charge in [0, 0.05) is 24.5 Å². The Morgan fingerprint density at radius 1 is 1.37 bits per heavy atom. The molecule has 2 atom stereocenters. The Morgan fingerprint density at radius 2 is 2.09 bits per heavy atom. The summed E-state index contributed by atoms with van der Waals surface area (Å²) in [5, 5.41) is 7.26. The Bertz CT molecular complexity index is 1210. The number of alkyl halides is 3. The van der Waals surface area contributed by atoms with Gasteiger partial charge in [0.2, 0.25) is 11.0 Å². The molecular weight excluding hydrogens is 509 g/mol. The zero-order valence-corrected chi connectivity index (χ0v) is 20.5. The van der Waals surface area contributed by atoms with E-state index in [1.165, 1.54) is 30.2 Å². The number of aromatic nitrogens is 4. The summed E-state index contributed by atoms with van der Waals surface area (Å²) in [4.78, 5) is 36.3. The molecule has 2 aromatic rings. The number of nitrogens with zero attached hydrogens (tertiary/aromatic N) is 5. The van der Waals surface area contributed by atoms with Crippen LogP contribution in [-0.4, -0.2) is 55.9 Å². The number of hydrogen-bond donors (Lipinski definition) is 1. The van der Waals surface area contributed by atoms with Gasteiger partial charge >= 0.3 is 6.36 Å². The van der Waals surface area contributed by atoms with Crippen molar-refractivity contribution < 1.29 is 27.5 Å². The quantitative estimate of drug-likeness (QED) is 0.578. The van der Waals surface area contributed by atoms with Gasteiger partial charge in [-0.15, -0.1) is 13.2 Å². The maximum Gasteiger partial charge on any atom is 0.572 e. The average molecular weight is 531 g/mol. The molecule has 2 amide bonds. The van der Waals surface area contributed by atoms with E-state index in [1.54, 1.807) is 18.9 Å². The van der Waals surface area contributed by atoms with Gasteiger partial charge in [-0.25, -0.2) is 9.97 Å². The minimum Gasteiger partial charge on any atom is -0.410 e. The molecule has 1 fully saturated rings. The summed E-state index contributed by atoms with van der Waals surface area (Å²) in [5.41, 5.74) is -1.39. The topological polar surface area (TPSA) is 102 Å². The summed E-state index contributed by atoms with van der Waals surface area (Å²) in [7, 11) is 1.75. The summed E-state index contributed by atoms with van der Waals surface area (Å²) in [6.07, 6.45) is 1.90. The van der Waals surface area contributed by atoms with E-state index in [4.69, 9.17) is 11.6 Å². The molecule has 1 N–H and O–H groups in total. The third-order valence-corrected chi connectivity index (χ3v) is 6.85. The van der Waals surface area contributed by atoms with Crippen molar-refractivity contribution in [2.75, 3.05) is 7.05 Å². The largest absolute Gasteiger partial charge is 0.572 e.